The van der Waals surface area contributed by atoms with Crippen molar-refractivity contribution in [3.63, 3.8) is 0 Å². The molecular formula is C14H15N3O2S. The third-order valence-electron chi connectivity index (χ3n) is 3.25. The fourth-order valence-corrected chi connectivity index (χ4v) is 2.80. The number of benzene rings is 1. The molecule has 3 rings (SSSR count). The number of ether oxygens (including phenoxy) is 1. The fourth-order valence-electron chi connectivity index (χ4n) is 2.01. The summed E-state index contributed by atoms with van der Waals surface area (Å²) in [5, 5.41) is 5.94. The summed E-state index contributed by atoms with van der Waals surface area (Å²) in [5.74, 6) is 0.189. The first-order valence-electron chi connectivity index (χ1n) is 6.38. The molecule has 1 saturated carbocycles. The number of hydrogen-bond acceptors (Lipinski definition) is 6. The van der Waals surface area contributed by atoms with Crippen LogP contribution in [-0.2, 0) is 4.74 Å². The first kappa shape index (κ1) is 12.9. The monoisotopic (exact) mass is 289 g/mol. The highest BCUT2D eigenvalue weighted by Gasteiger charge is 2.26. The van der Waals surface area contributed by atoms with Gasteiger partial charge >= 0.3 is 5.97 Å². The van der Waals surface area contributed by atoms with Gasteiger partial charge in [0, 0.05) is 11.3 Å². The van der Waals surface area contributed by atoms with Crippen LogP contribution >= 0.6 is 11.3 Å². The van der Waals surface area contributed by atoms with Crippen LogP contribution in [0.25, 0.3) is 0 Å². The molecule has 0 bridgehead atoms. The number of hydrogen-bond donors (Lipinski definition) is 2. The summed E-state index contributed by atoms with van der Waals surface area (Å²) >= 11 is 1.52. The van der Waals surface area contributed by atoms with Crippen molar-refractivity contribution in [1.82, 2.24) is 4.98 Å². The largest absolute Gasteiger partial charge is 0.465 e. The third kappa shape index (κ3) is 2.46. The number of nitrogens with two attached hydrogens (primary N) is 1. The highest BCUT2D eigenvalue weighted by atomic mass is 32.1. The Balaban J connectivity index is 1.90. The van der Waals surface area contributed by atoms with Crippen LogP contribution in [0.15, 0.2) is 23.6 Å². The van der Waals surface area contributed by atoms with E-state index in [1.807, 2.05) is 0 Å². The van der Waals surface area contributed by atoms with Crippen LogP contribution < -0.4 is 11.1 Å². The van der Waals surface area contributed by atoms with E-state index in [1.54, 1.807) is 18.2 Å². The molecule has 20 heavy (non-hydrogen) atoms. The second-order valence-electron chi connectivity index (χ2n) is 4.74. The molecule has 0 aliphatic heterocycles. The summed E-state index contributed by atoms with van der Waals surface area (Å²) in [6.07, 6.45) is 2.42. The Morgan fingerprint density at radius 2 is 2.30 bits per heavy atom. The SMILES string of the molecule is COC(=O)c1cccc(N)c1Nc1nc(C2CC2)cs1. The molecule has 6 heteroatoms. The summed E-state index contributed by atoms with van der Waals surface area (Å²) in [6, 6.07) is 5.15. The Bertz CT molecular complexity index is 650. The van der Waals surface area contributed by atoms with E-state index < -0.39 is 5.97 Å². The van der Waals surface area contributed by atoms with Crippen molar-refractivity contribution in [2.45, 2.75) is 18.8 Å². The Morgan fingerprint density at radius 3 is 3.00 bits per heavy atom. The lowest BCUT2D eigenvalue weighted by atomic mass is 10.1. The number of aromatic nitrogens is 1. The molecule has 3 N–H and O–H groups in total. The van der Waals surface area contributed by atoms with Gasteiger partial charge in [0.1, 0.15) is 0 Å². The minimum atomic E-state index is -0.418. The summed E-state index contributed by atoms with van der Waals surface area (Å²) < 4.78 is 4.77. The number of nitrogens with one attached hydrogen (secondary N) is 1. The maximum absolute atomic E-state index is 11.8. The topological polar surface area (TPSA) is 77.2 Å². The second-order valence-corrected chi connectivity index (χ2v) is 5.60. The van der Waals surface area contributed by atoms with Crippen molar-refractivity contribution in [1.29, 1.82) is 0 Å². The minimum absolute atomic E-state index is 0.413. The first-order valence-corrected chi connectivity index (χ1v) is 7.26. The average Bonchev–Trinajstić information content (AvgIpc) is 3.20. The lowest BCUT2D eigenvalue weighted by Gasteiger charge is -2.11. The molecule has 1 fully saturated rings. The molecule has 1 heterocycles. The van der Waals surface area contributed by atoms with E-state index in [0.717, 1.165) is 10.8 Å². The Kier molecular flexibility index (Phi) is 3.31. The number of carbonyl (C=O) groups excluding carboxylic acids is 1. The van der Waals surface area contributed by atoms with E-state index in [9.17, 15) is 4.79 Å². The normalized spacial score (nSPS) is 14.1. The van der Waals surface area contributed by atoms with Crippen LogP contribution in [0.1, 0.15) is 34.8 Å². The molecule has 0 amide bonds. The van der Waals surface area contributed by atoms with E-state index in [0.29, 0.717) is 22.9 Å². The number of anilines is 3. The number of esters is 1. The van der Waals surface area contributed by atoms with Gasteiger partial charge in [-0.25, -0.2) is 9.78 Å². The Hall–Kier alpha value is -2.08. The summed E-state index contributed by atoms with van der Waals surface area (Å²) in [6.45, 7) is 0. The van der Waals surface area contributed by atoms with Crippen molar-refractivity contribution in [3.8, 4) is 0 Å². The number of carbonyl (C=O) groups is 1. The maximum Gasteiger partial charge on any atom is 0.340 e. The fraction of sp³-hybridized carbons (Fsp3) is 0.286. The molecule has 0 unspecified atom stereocenters. The number of methoxy groups -OCH3 is 1. The van der Waals surface area contributed by atoms with Crippen molar-refractivity contribution in [3.05, 3.63) is 34.8 Å². The van der Waals surface area contributed by atoms with Crippen LogP contribution in [0.5, 0.6) is 0 Å². The van der Waals surface area contributed by atoms with Gasteiger partial charge in [-0.1, -0.05) is 6.07 Å². The van der Waals surface area contributed by atoms with Gasteiger partial charge < -0.3 is 15.8 Å². The molecule has 104 valence electrons. The van der Waals surface area contributed by atoms with Crippen LogP contribution in [0.2, 0.25) is 0 Å². The summed E-state index contributed by atoms with van der Waals surface area (Å²) in [4.78, 5) is 16.3. The number of rotatable bonds is 4. The average molecular weight is 289 g/mol. The Labute approximate surface area is 120 Å². The molecule has 0 radical (unpaired) electrons. The summed E-state index contributed by atoms with van der Waals surface area (Å²) in [7, 11) is 1.35. The smallest absolute Gasteiger partial charge is 0.340 e. The van der Waals surface area contributed by atoms with Crippen molar-refractivity contribution >= 4 is 33.8 Å². The van der Waals surface area contributed by atoms with Crippen LogP contribution in [-0.4, -0.2) is 18.1 Å². The predicted molar refractivity (Wildman–Crippen MR) is 79.6 cm³/mol. The van der Waals surface area contributed by atoms with Crippen molar-refractivity contribution < 1.29 is 9.53 Å². The highest BCUT2D eigenvalue weighted by Crippen LogP contribution is 2.41. The molecule has 1 aromatic carbocycles. The van der Waals surface area contributed by atoms with Crippen molar-refractivity contribution in [2.24, 2.45) is 0 Å². The molecule has 1 aliphatic rings. The second kappa shape index (κ2) is 5.13. The number of nitrogen functional groups attached to an aromatic ring is 1. The van der Waals surface area contributed by atoms with Gasteiger partial charge in [0.2, 0.25) is 0 Å². The molecule has 0 atom stereocenters. The maximum atomic E-state index is 11.8. The zero-order valence-electron chi connectivity index (χ0n) is 11.1. The third-order valence-corrected chi connectivity index (χ3v) is 4.03. The van der Waals surface area contributed by atoms with Gasteiger partial charge in [-0.05, 0) is 25.0 Å². The number of thiazole rings is 1. The lowest BCUT2D eigenvalue weighted by Crippen LogP contribution is -2.07. The molecular weight excluding hydrogens is 274 g/mol. The molecule has 5 nitrogen and oxygen atoms in total. The first-order chi connectivity index (χ1) is 9.69. The zero-order valence-corrected chi connectivity index (χ0v) is 11.9. The highest BCUT2D eigenvalue weighted by molar-refractivity contribution is 7.13. The van der Waals surface area contributed by atoms with Gasteiger partial charge in [-0.15, -0.1) is 11.3 Å². The van der Waals surface area contributed by atoms with Crippen molar-refractivity contribution in [2.75, 3.05) is 18.2 Å². The predicted octanol–water partition coefficient (Wildman–Crippen LogP) is 3.13. The number of para-hydroxylation sites is 1. The lowest BCUT2D eigenvalue weighted by molar-refractivity contribution is 0.0602. The molecule has 1 aromatic heterocycles. The van der Waals surface area contributed by atoms with E-state index in [-0.39, 0.29) is 0 Å². The summed E-state index contributed by atoms with van der Waals surface area (Å²) in [5.41, 5.74) is 8.53. The van der Waals surface area contributed by atoms with E-state index >= 15 is 0 Å². The van der Waals surface area contributed by atoms with E-state index in [1.165, 1.54) is 31.3 Å². The van der Waals surface area contributed by atoms with Gasteiger partial charge in [0.25, 0.3) is 0 Å². The van der Waals surface area contributed by atoms with Crippen LogP contribution in [0.4, 0.5) is 16.5 Å². The van der Waals surface area contributed by atoms with E-state index in [2.05, 4.69) is 15.7 Å². The Morgan fingerprint density at radius 1 is 1.50 bits per heavy atom. The molecule has 0 spiro atoms. The molecule has 1 aliphatic carbocycles. The van der Waals surface area contributed by atoms with Crippen LogP contribution in [0.3, 0.4) is 0 Å². The molecule has 2 aromatic rings. The van der Waals surface area contributed by atoms with Gasteiger partial charge in [-0.2, -0.15) is 0 Å². The van der Waals surface area contributed by atoms with Gasteiger partial charge in [-0.3, -0.25) is 0 Å². The quantitative estimate of drug-likeness (QED) is 0.668. The standard InChI is InChI=1S/C14H15N3O2S/c1-19-13(18)9-3-2-4-10(15)12(9)17-14-16-11(7-20-14)8-5-6-8/h2-4,7-8H,5-6,15H2,1H3,(H,16,17). The van der Waals surface area contributed by atoms with Gasteiger partial charge in [0.05, 0.1) is 29.7 Å². The van der Waals surface area contributed by atoms with Gasteiger partial charge in [0.15, 0.2) is 5.13 Å². The zero-order chi connectivity index (χ0) is 14.1. The molecule has 0 saturated heterocycles. The number of nitrogens with zero attached hydrogens (tertiary/aromatic N) is 1. The minimum Gasteiger partial charge on any atom is -0.465 e. The van der Waals surface area contributed by atoms with Crippen LogP contribution in [0, 0.1) is 0 Å². The van der Waals surface area contributed by atoms with E-state index in [4.69, 9.17) is 10.5 Å².